The Morgan fingerprint density at radius 3 is 1.86 bits per heavy atom. The van der Waals surface area contributed by atoms with Gasteiger partial charge in [0.2, 0.25) is 0 Å². The number of aromatic hydroxyl groups is 2. The monoisotopic (exact) mass is 354 g/mol. The smallest absolute Gasteiger partial charge is 0.296 e. The fraction of sp³-hybridized carbons (Fsp3) is 0. The Labute approximate surface area is 123 Å². The van der Waals surface area contributed by atoms with E-state index in [2.05, 4.69) is 0 Å². The maximum absolute atomic E-state index is 11.1. The third kappa shape index (κ3) is 2.76. The number of hydrogen-bond donors (Lipinski definition) is 4. The molecule has 8 nitrogen and oxygen atoms in total. The van der Waals surface area contributed by atoms with Gasteiger partial charge in [-0.05, 0) is 6.07 Å². The predicted octanol–water partition coefficient (Wildman–Crippen LogP) is 1.40. The van der Waals surface area contributed by atoms with Crippen LogP contribution in [0.3, 0.4) is 0 Å². The third-order valence-electron chi connectivity index (χ3n) is 2.64. The molecule has 0 aromatic heterocycles. The summed E-state index contributed by atoms with van der Waals surface area (Å²) in [5.41, 5.74) is 0. The normalized spacial score (nSPS) is 12.7. The highest BCUT2D eigenvalue weighted by molar-refractivity contribution is 7.86. The molecule has 0 aliphatic carbocycles. The van der Waals surface area contributed by atoms with Crippen LogP contribution in [-0.4, -0.2) is 36.2 Å². The summed E-state index contributed by atoms with van der Waals surface area (Å²) in [6.07, 6.45) is 0. The first-order chi connectivity index (χ1) is 9.43. The van der Waals surface area contributed by atoms with Crippen molar-refractivity contribution in [2.75, 3.05) is 0 Å². The quantitative estimate of drug-likeness (QED) is 0.591. The average molecular weight is 355 g/mol. The van der Waals surface area contributed by atoms with Gasteiger partial charge in [0.25, 0.3) is 20.2 Å². The van der Waals surface area contributed by atoms with Crippen molar-refractivity contribution in [3.8, 4) is 11.5 Å². The van der Waals surface area contributed by atoms with E-state index in [4.69, 9.17) is 20.7 Å². The van der Waals surface area contributed by atoms with Gasteiger partial charge in [-0.3, -0.25) is 9.11 Å². The average Bonchev–Trinajstić information content (AvgIpc) is 2.30. The molecule has 0 aliphatic heterocycles. The van der Waals surface area contributed by atoms with Gasteiger partial charge >= 0.3 is 0 Å². The van der Waals surface area contributed by atoms with Crippen LogP contribution in [0.2, 0.25) is 5.02 Å². The number of fused-ring (bicyclic) bond motifs is 1. The summed E-state index contributed by atoms with van der Waals surface area (Å²) in [5, 5.41) is 18.1. The second-order valence-corrected chi connectivity index (χ2v) is 7.21. The highest BCUT2D eigenvalue weighted by Gasteiger charge is 2.23. The number of phenols is 2. The molecule has 0 unspecified atom stereocenters. The molecule has 2 aromatic rings. The number of hydrogen-bond acceptors (Lipinski definition) is 6. The fourth-order valence-corrected chi connectivity index (χ4v) is 3.39. The summed E-state index contributed by atoms with van der Waals surface area (Å²) < 4.78 is 62.4. The highest BCUT2D eigenvalue weighted by atomic mass is 35.5. The summed E-state index contributed by atoms with van der Waals surface area (Å²) >= 11 is 5.75. The maximum Gasteiger partial charge on any atom is 0.296 e. The minimum absolute atomic E-state index is 0.334. The lowest BCUT2D eigenvalue weighted by Crippen LogP contribution is -2.01. The predicted molar refractivity (Wildman–Crippen MR) is 71.9 cm³/mol. The van der Waals surface area contributed by atoms with Gasteiger partial charge in [-0.1, -0.05) is 11.6 Å². The van der Waals surface area contributed by atoms with Gasteiger partial charge in [-0.15, -0.1) is 0 Å². The Balaban J connectivity index is 3.07. The molecular formula is C10H7ClO8S2. The molecule has 0 amide bonds. The third-order valence-corrected chi connectivity index (χ3v) is 4.87. The van der Waals surface area contributed by atoms with Crippen molar-refractivity contribution < 1.29 is 36.2 Å². The number of phenolic OH excluding ortho intramolecular Hbond substituents is 2. The molecule has 0 saturated carbocycles. The lowest BCUT2D eigenvalue weighted by Gasteiger charge is -2.10. The molecule has 0 fully saturated rings. The minimum Gasteiger partial charge on any atom is -0.507 e. The highest BCUT2D eigenvalue weighted by Crippen LogP contribution is 2.42. The van der Waals surface area contributed by atoms with Crippen LogP contribution >= 0.6 is 11.6 Å². The maximum atomic E-state index is 11.1. The molecule has 0 aliphatic rings. The molecule has 0 saturated heterocycles. The molecule has 2 rings (SSSR count). The van der Waals surface area contributed by atoms with Crippen LogP contribution in [0.25, 0.3) is 10.8 Å². The molecule has 11 heteroatoms. The minimum atomic E-state index is -4.79. The SMILES string of the molecule is O=S(=O)(O)c1cc(O)c2c(O)cc(S(=O)(=O)O)c(Cl)c2c1. The molecule has 0 heterocycles. The second-order valence-electron chi connectivity index (χ2n) is 4.02. The van der Waals surface area contributed by atoms with Gasteiger partial charge in [0.15, 0.2) is 0 Å². The van der Waals surface area contributed by atoms with Gasteiger partial charge in [-0.2, -0.15) is 16.8 Å². The van der Waals surface area contributed by atoms with Crippen molar-refractivity contribution in [2.45, 2.75) is 9.79 Å². The Hall–Kier alpha value is -1.59. The summed E-state index contributed by atoms with van der Waals surface area (Å²) in [6.45, 7) is 0. The van der Waals surface area contributed by atoms with Crippen LogP contribution in [0.15, 0.2) is 28.0 Å². The zero-order chi connectivity index (χ0) is 16.2. The summed E-state index contributed by atoms with van der Waals surface area (Å²) in [7, 11) is -9.50. The van der Waals surface area contributed by atoms with Crippen LogP contribution in [0.4, 0.5) is 0 Å². The van der Waals surface area contributed by atoms with Crippen molar-refractivity contribution in [2.24, 2.45) is 0 Å². The molecule has 0 spiro atoms. The summed E-state index contributed by atoms with van der Waals surface area (Å²) in [5.74, 6) is -1.50. The second kappa shape index (κ2) is 4.71. The van der Waals surface area contributed by atoms with Crippen molar-refractivity contribution in [3.63, 3.8) is 0 Å². The Kier molecular flexibility index (Phi) is 3.54. The largest absolute Gasteiger partial charge is 0.507 e. The zero-order valence-electron chi connectivity index (χ0n) is 9.85. The van der Waals surface area contributed by atoms with Gasteiger partial charge < -0.3 is 10.2 Å². The van der Waals surface area contributed by atoms with Gasteiger partial charge in [0, 0.05) is 17.5 Å². The van der Waals surface area contributed by atoms with E-state index in [1.165, 1.54) is 0 Å². The fourth-order valence-electron chi connectivity index (χ4n) is 1.77. The number of benzene rings is 2. The van der Waals surface area contributed by atoms with Crippen molar-refractivity contribution in [1.29, 1.82) is 0 Å². The van der Waals surface area contributed by atoms with Crippen LogP contribution in [0.1, 0.15) is 0 Å². The van der Waals surface area contributed by atoms with Gasteiger partial charge in [-0.25, -0.2) is 0 Å². The number of halogens is 1. The first-order valence-electron chi connectivity index (χ1n) is 5.06. The molecule has 21 heavy (non-hydrogen) atoms. The van der Waals surface area contributed by atoms with E-state index in [1.54, 1.807) is 0 Å². The van der Waals surface area contributed by atoms with Crippen molar-refractivity contribution in [3.05, 3.63) is 23.2 Å². The molecular weight excluding hydrogens is 348 g/mol. The van der Waals surface area contributed by atoms with Crippen molar-refractivity contribution in [1.82, 2.24) is 0 Å². The molecule has 0 bridgehead atoms. The van der Waals surface area contributed by atoms with E-state index in [1.807, 2.05) is 0 Å². The standard InChI is InChI=1S/C10H7ClO8S2/c11-10-5-1-4(20(14,15)16)2-6(12)9(5)7(13)3-8(10)21(17,18)19/h1-3,12-13H,(H,14,15,16)(H,17,18,19). The molecule has 4 N–H and O–H groups in total. The Bertz CT molecular complexity index is 954. The van der Waals surface area contributed by atoms with Crippen LogP contribution in [0, 0.1) is 0 Å². The van der Waals surface area contributed by atoms with Gasteiger partial charge in [0.1, 0.15) is 16.4 Å². The van der Waals surface area contributed by atoms with E-state index in [0.717, 1.165) is 6.07 Å². The first kappa shape index (κ1) is 15.8. The number of rotatable bonds is 2. The molecule has 2 aromatic carbocycles. The van der Waals surface area contributed by atoms with E-state index in [-0.39, 0.29) is 10.8 Å². The van der Waals surface area contributed by atoms with E-state index >= 15 is 0 Å². The summed E-state index contributed by atoms with van der Waals surface area (Å²) in [6, 6.07) is 2.01. The summed E-state index contributed by atoms with van der Waals surface area (Å²) in [4.78, 5) is -1.64. The first-order valence-corrected chi connectivity index (χ1v) is 8.32. The van der Waals surface area contributed by atoms with Crippen LogP contribution < -0.4 is 0 Å². The van der Waals surface area contributed by atoms with Crippen LogP contribution in [0.5, 0.6) is 11.5 Å². The Morgan fingerprint density at radius 1 is 0.857 bits per heavy atom. The van der Waals surface area contributed by atoms with E-state index in [0.29, 0.717) is 12.1 Å². The van der Waals surface area contributed by atoms with E-state index < -0.39 is 46.5 Å². The molecule has 0 radical (unpaired) electrons. The molecule has 114 valence electrons. The van der Waals surface area contributed by atoms with Crippen LogP contribution in [-0.2, 0) is 20.2 Å². The van der Waals surface area contributed by atoms with Crippen molar-refractivity contribution >= 4 is 42.6 Å². The Morgan fingerprint density at radius 2 is 1.38 bits per heavy atom. The topological polar surface area (TPSA) is 149 Å². The lowest BCUT2D eigenvalue weighted by atomic mass is 10.1. The lowest BCUT2D eigenvalue weighted by molar-refractivity contribution is 0.456. The molecule has 0 atom stereocenters. The van der Waals surface area contributed by atoms with Gasteiger partial charge in [0.05, 0.1) is 15.3 Å². The van der Waals surface area contributed by atoms with E-state index in [9.17, 15) is 27.0 Å². The zero-order valence-corrected chi connectivity index (χ0v) is 12.2.